The number of hydrogen-bond donors (Lipinski definition) is 0. The molecule has 414 valence electrons. The molecule has 10 aromatic carbocycles. The number of rotatable bonds is 6. The Kier molecular flexibility index (Phi) is 12.2. The number of para-hydroxylation sites is 4. The van der Waals surface area contributed by atoms with E-state index in [9.17, 15) is 0 Å². The lowest BCUT2D eigenvalue weighted by molar-refractivity contribution is 0.590. The molecule has 4 aliphatic heterocycles. The molecule has 0 atom stereocenters. The predicted molar refractivity (Wildman–Crippen MR) is 363 cm³/mol. The maximum Gasteiger partial charge on any atom is 0.421 e. The Morgan fingerprint density at radius 1 is 0.310 bits per heavy atom. The molecule has 4 aliphatic rings. The van der Waals surface area contributed by atoms with Gasteiger partial charge < -0.3 is 24.3 Å². The maximum atomic E-state index is 2.68. The first-order valence-corrected chi connectivity index (χ1v) is 30.2. The zero-order chi connectivity index (χ0) is 58.4. The minimum atomic E-state index is -0.155. The van der Waals surface area contributed by atoms with E-state index in [0.29, 0.717) is 0 Å². The van der Waals surface area contributed by atoms with E-state index < -0.39 is 0 Å². The van der Waals surface area contributed by atoms with Gasteiger partial charge in [-0.25, -0.2) is 0 Å². The third kappa shape index (κ3) is 8.59. The monoisotopic (exact) mass is 1090 g/mol. The first kappa shape index (κ1) is 53.3. The molecular weight excluding hydrogens is 1020 g/mol. The van der Waals surface area contributed by atoms with E-state index >= 15 is 0 Å². The fourth-order valence-corrected chi connectivity index (χ4v) is 13.8. The average Bonchev–Trinajstić information content (AvgIpc) is 1.40. The van der Waals surface area contributed by atoms with Crippen LogP contribution in [0.2, 0.25) is 0 Å². The molecule has 0 N–H and O–H groups in total. The highest BCUT2D eigenvalue weighted by molar-refractivity contribution is 7.00. The van der Waals surface area contributed by atoms with Crippen molar-refractivity contribution in [3.05, 3.63) is 246 Å². The molecule has 84 heavy (non-hydrogen) atoms. The van der Waals surface area contributed by atoms with Gasteiger partial charge in [-0.15, -0.1) is 0 Å². The highest BCUT2D eigenvalue weighted by Gasteiger charge is 2.52. The molecule has 0 amide bonds. The summed E-state index contributed by atoms with van der Waals surface area (Å²) in [5.41, 5.74) is 29.2. The first-order chi connectivity index (χ1) is 40.1. The van der Waals surface area contributed by atoms with Crippen molar-refractivity contribution in [3.63, 3.8) is 0 Å². The van der Waals surface area contributed by atoms with Crippen LogP contribution in [0.4, 0.5) is 73.9 Å². The lowest BCUT2D eigenvalue weighted by atomic mass is 9.33. The summed E-state index contributed by atoms with van der Waals surface area (Å²) in [6.45, 7) is 30.0. The lowest BCUT2D eigenvalue weighted by Crippen LogP contribution is -2.61. The zero-order valence-electron chi connectivity index (χ0n) is 51.2. The topological polar surface area (TPSA) is 16.2 Å². The molecular formula is C77H75B2N5. The number of anilines is 13. The quantitative estimate of drug-likeness (QED) is 0.154. The van der Waals surface area contributed by atoms with Crippen LogP contribution in [0.1, 0.15) is 111 Å². The molecule has 4 heterocycles. The van der Waals surface area contributed by atoms with Crippen LogP contribution >= 0.6 is 0 Å². The van der Waals surface area contributed by atoms with E-state index in [2.05, 4.69) is 333 Å². The standard InChI is InChI=1S/C77H75B2N5/c1-50-43-54(77(11,12)13)44-62-61-31-23-24-32-65(61)84-68-48-64-67(49-69(68)83(79(84)72(50)62)59-29-21-16-22-30-59)82(58-40-35-52(36-41-58)75(5,6)7)71-47-60(80(55-25-17-14-18-26-55)56-27-19-15-20-28-56)46-70-73(71)78(64)63-45-53(76(8,9)10)37-42-66(63)81(70)57-38-33-51(34-39-57)74(2,3)4/h14-49H,1-13H3. The van der Waals surface area contributed by atoms with Crippen LogP contribution in [0.3, 0.4) is 0 Å². The summed E-state index contributed by atoms with van der Waals surface area (Å²) in [5, 5.41) is 0. The van der Waals surface area contributed by atoms with E-state index in [0.717, 1.165) is 45.5 Å². The SMILES string of the molecule is Cc1cc(C(C)(C)C)cc2c1B1N(c3ccccc3)c3cc4c(cc3N1c1ccccc1-2)B1c2cc(C(C)(C)C)ccc2N(c2ccc(C(C)(C)C)cc2)c2cc(N(c3ccccc3)c3ccccc3)cc(c21)N4c1ccc(C(C)(C)C)cc1. The van der Waals surface area contributed by atoms with Gasteiger partial charge in [0.2, 0.25) is 0 Å². The van der Waals surface area contributed by atoms with Crippen LogP contribution in [-0.2, 0) is 21.7 Å². The number of benzene rings is 10. The molecule has 0 aliphatic carbocycles. The van der Waals surface area contributed by atoms with E-state index in [-0.39, 0.29) is 35.4 Å². The Hall–Kier alpha value is -8.67. The van der Waals surface area contributed by atoms with Gasteiger partial charge in [0, 0.05) is 62.4 Å². The van der Waals surface area contributed by atoms with Gasteiger partial charge in [-0.2, -0.15) is 0 Å². The first-order valence-electron chi connectivity index (χ1n) is 30.2. The van der Waals surface area contributed by atoms with Crippen LogP contribution < -0.4 is 46.2 Å². The van der Waals surface area contributed by atoms with Gasteiger partial charge in [0.1, 0.15) is 0 Å². The third-order valence-corrected chi connectivity index (χ3v) is 18.3. The summed E-state index contributed by atoms with van der Waals surface area (Å²) in [6, 6.07) is 83.5. The second-order valence-electron chi connectivity index (χ2n) is 28.0. The highest BCUT2D eigenvalue weighted by Crippen LogP contribution is 2.56. The summed E-state index contributed by atoms with van der Waals surface area (Å²) in [6.07, 6.45) is 0. The molecule has 0 unspecified atom stereocenters. The van der Waals surface area contributed by atoms with E-state index in [1.807, 2.05) is 0 Å². The summed E-state index contributed by atoms with van der Waals surface area (Å²) in [7, 11) is 0. The third-order valence-electron chi connectivity index (χ3n) is 18.3. The van der Waals surface area contributed by atoms with Crippen LogP contribution in [0.5, 0.6) is 0 Å². The lowest BCUT2D eigenvalue weighted by Gasteiger charge is -2.45. The molecule has 14 rings (SSSR count). The normalized spacial score (nSPS) is 14.1. The Morgan fingerprint density at radius 2 is 0.786 bits per heavy atom. The van der Waals surface area contributed by atoms with Crippen molar-refractivity contribution in [1.29, 1.82) is 0 Å². The Labute approximate surface area is 500 Å². The maximum absolute atomic E-state index is 2.68. The molecule has 0 aromatic heterocycles. The fourth-order valence-electron chi connectivity index (χ4n) is 13.8. The van der Waals surface area contributed by atoms with Crippen molar-refractivity contribution < 1.29 is 0 Å². The van der Waals surface area contributed by atoms with Crippen LogP contribution in [0.25, 0.3) is 11.1 Å². The van der Waals surface area contributed by atoms with E-state index in [4.69, 9.17) is 0 Å². The molecule has 0 saturated heterocycles. The van der Waals surface area contributed by atoms with Crippen molar-refractivity contribution in [1.82, 2.24) is 0 Å². The van der Waals surface area contributed by atoms with E-state index in [1.54, 1.807) is 0 Å². The summed E-state index contributed by atoms with van der Waals surface area (Å²) >= 11 is 0. The minimum Gasteiger partial charge on any atom is -0.360 e. The van der Waals surface area contributed by atoms with Crippen LogP contribution in [0.15, 0.2) is 218 Å². The van der Waals surface area contributed by atoms with Crippen LogP contribution in [-0.4, -0.2) is 13.7 Å². The molecule has 7 heteroatoms. The molecule has 0 spiro atoms. The van der Waals surface area contributed by atoms with E-state index in [1.165, 1.54) is 89.2 Å². The Balaban J connectivity index is 1.12. The molecule has 0 bridgehead atoms. The zero-order valence-corrected chi connectivity index (χ0v) is 51.2. The van der Waals surface area contributed by atoms with Crippen LogP contribution in [0, 0.1) is 6.92 Å². The van der Waals surface area contributed by atoms with Crippen molar-refractivity contribution in [2.75, 3.05) is 24.3 Å². The summed E-state index contributed by atoms with van der Waals surface area (Å²) in [5.74, 6) is 0. The minimum absolute atomic E-state index is 0.0108. The van der Waals surface area contributed by atoms with Gasteiger partial charge in [-0.1, -0.05) is 210 Å². The van der Waals surface area contributed by atoms with Crippen molar-refractivity contribution in [2.45, 2.75) is 112 Å². The number of aryl methyl sites for hydroxylation is 1. The van der Waals surface area contributed by atoms with Gasteiger partial charge in [0.15, 0.2) is 0 Å². The second kappa shape index (κ2) is 19.2. The van der Waals surface area contributed by atoms with Gasteiger partial charge in [-0.05, 0) is 175 Å². The molecule has 5 nitrogen and oxygen atoms in total. The molecule has 0 fully saturated rings. The van der Waals surface area contributed by atoms with Gasteiger partial charge >= 0.3 is 6.98 Å². The molecule has 0 saturated carbocycles. The molecule has 0 radical (unpaired) electrons. The Bertz CT molecular complexity index is 4170. The molecule has 10 aromatic rings. The van der Waals surface area contributed by atoms with Crippen molar-refractivity contribution in [2.24, 2.45) is 0 Å². The highest BCUT2D eigenvalue weighted by atomic mass is 15.3. The van der Waals surface area contributed by atoms with Crippen molar-refractivity contribution >= 4 is 109 Å². The summed E-state index contributed by atoms with van der Waals surface area (Å²) < 4.78 is 0. The van der Waals surface area contributed by atoms with Gasteiger partial charge in [-0.3, -0.25) is 0 Å². The Morgan fingerprint density at radius 3 is 1.33 bits per heavy atom. The number of nitrogens with zero attached hydrogens (tertiary/aromatic N) is 5. The van der Waals surface area contributed by atoms with Gasteiger partial charge in [0.05, 0.1) is 17.1 Å². The average molecular weight is 1090 g/mol. The number of hydrogen-bond acceptors (Lipinski definition) is 5. The summed E-state index contributed by atoms with van der Waals surface area (Å²) in [4.78, 5) is 13.0. The largest absolute Gasteiger partial charge is 0.421 e. The van der Waals surface area contributed by atoms with Crippen molar-refractivity contribution in [3.8, 4) is 11.1 Å². The predicted octanol–water partition coefficient (Wildman–Crippen LogP) is 18.4. The number of fused-ring (bicyclic) bond motifs is 12. The second-order valence-corrected chi connectivity index (χ2v) is 28.0. The fraction of sp³-hybridized carbons (Fsp3) is 0.221. The smallest absolute Gasteiger partial charge is 0.360 e. The van der Waals surface area contributed by atoms with Gasteiger partial charge in [0.25, 0.3) is 6.71 Å².